The standard InChI is InChI=1S/C13H12ClIN2OS/c1-17(13(18)9-5-12(15)19-7-9)6-8-4-10(16)2-3-11(8)14/h2-5,7H,6,16H2,1H3. The Morgan fingerprint density at radius 3 is 2.84 bits per heavy atom. The number of carbonyl (C=O) groups excluding carboxylic acids is 1. The van der Waals surface area contributed by atoms with Crippen molar-refractivity contribution in [2.75, 3.05) is 12.8 Å². The van der Waals surface area contributed by atoms with Gasteiger partial charge in [-0.05, 0) is 52.4 Å². The van der Waals surface area contributed by atoms with Gasteiger partial charge in [-0.25, -0.2) is 0 Å². The van der Waals surface area contributed by atoms with E-state index in [2.05, 4.69) is 22.6 Å². The Hall–Kier alpha value is -0.790. The van der Waals surface area contributed by atoms with E-state index in [0.29, 0.717) is 22.8 Å². The number of nitrogens with zero attached hydrogens (tertiary/aromatic N) is 1. The van der Waals surface area contributed by atoms with Gasteiger partial charge >= 0.3 is 0 Å². The van der Waals surface area contributed by atoms with Gasteiger partial charge in [0.25, 0.3) is 5.91 Å². The molecule has 2 rings (SSSR count). The summed E-state index contributed by atoms with van der Waals surface area (Å²) in [5.41, 5.74) is 7.93. The molecular formula is C13H12ClIN2OS. The monoisotopic (exact) mass is 406 g/mol. The quantitative estimate of drug-likeness (QED) is 0.621. The van der Waals surface area contributed by atoms with Gasteiger partial charge in [0.15, 0.2) is 0 Å². The maximum Gasteiger partial charge on any atom is 0.254 e. The molecule has 0 bridgehead atoms. The number of amides is 1. The Bertz CT molecular complexity index is 614. The van der Waals surface area contributed by atoms with Gasteiger partial charge in [-0.2, -0.15) is 0 Å². The molecule has 0 aliphatic carbocycles. The lowest BCUT2D eigenvalue weighted by Crippen LogP contribution is -2.26. The molecule has 1 heterocycles. The predicted molar refractivity (Wildman–Crippen MR) is 88.7 cm³/mol. The third kappa shape index (κ3) is 3.61. The molecule has 1 amide bonds. The molecule has 100 valence electrons. The van der Waals surface area contributed by atoms with E-state index in [0.717, 1.165) is 8.45 Å². The van der Waals surface area contributed by atoms with Gasteiger partial charge in [0.2, 0.25) is 0 Å². The number of benzene rings is 1. The molecule has 0 spiro atoms. The van der Waals surface area contributed by atoms with Gasteiger partial charge in [-0.3, -0.25) is 4.79 Å². The van der Waals surface area contributed by atoms with Crippen LogP contribution >= 0.6 is 45.5 Å². The fourth-order valence-electron chi connectivity index (χ4n) is 1.69. The summed E-state index contributed by atoms with van der Waals surface area (Å²) in [7, 11) is 1.76. The van der Waals surface area contributed by atoms with E-state index in [4.69, 9.17) is 17.3 Å². The normalized spacial score (nSPS) is 10.5. The Balaban J connectivity index is 2.14. The van der Waals surface area contributed by atoms with Crippen molar-refractivity contribution in [3.63, 3.8) is 0 Å². The molecule has 0 saturated carbocycles. The van der Waals surface area contributed by atoms with Gasteiger partial charge in [-0.1, -0.05) is 11.6 Å². The molecule has 3 nitrogen and oxygen atoms in total. The second kappa shape index (κ2) is 6.11. The zero-order valence-electron chi connectivity index (χ0n) is 10.2. The maximum atomic E-state index is 12.2. The van der Waals surface area contributed by atoms with Crippen molar-refractivity contribution in [3.8, 4) is 0 Å². The Morgan fingerprint density at radius 2 is 2.21 bits per heavy atom. The molecule has 2 aromatic rings. The Labute approximate surface area is 134 Å². The minimum atomic E-state index is -0.0161. The highest BCUT2D eigenvalue weighted by atomic mass is 127. The summed E-state index contributed by atoms with van der Waals surface area (Å²) in [6, 6.07) is 7.17. The number of nitrogens with two attached hydrogens (primary N) is 1. The summed E-state index contributed by atoms with van der Waals surface area (Å²) >= 11 is 9.86. The van der Waals surface area contributed by atoms with E-state index in [1.54, 1.807) is 41.5 Å². The van der Waals surface area contributed by atoms with Gasteiger partial charge in [0.1, 0.15) is 0 Å². The Kier molecular flexibility index (Phi) is 4.70. The zero-order valence-corrected chi connectivity index (χ0v) is 13.9. The maximum absolute atomic E-state index is 12.2. The van der Waals surface area contributed by atoms with Gasteiger partial charge < -0.3 is 10.6 Å². The van der Waals surface area contributed by atoms with Crippen LogP contribution in [0.2, 0.25) is 5.02 Å². The van der Waals surface area contributed by atoms with E-state index >= 15 is 0 Å². The van der Waals surface area contributed by atoms with Crippen LogP contribution in [0.1, 0.15) is 15.9 Å². The molecule has 0 atom stereocenters. The minimum Gasteiger partial charge on any atom is -0.399 e. The first-order chi connectivity index (χ1) is 8.97. The third-order valence-corrected chi connectivity index (χ3v) is 4.80. The number of nitrogen functional groups attached to an aromatic ring is 1. The topological polar surface area (TPSA) is 46.3 Å². The van der Waals surface area contributed by atoms with Crippen LogP contribution in [0, 0.1) is 2.88 Å². The predicted octanol–water partition coefficient (Wildman–Crippen LogP) is 3.86. The van der Waals surface area contributed by atoms with Crippen LogP contribution in [0.3, 0.4) is 0 Å². The summed E-state index contributed by atoms with van der Waals surface area (Å²) in [6.07, 6.45) is 0. The van der Waals surface area contributed by atoms with Crippen molar-refractivity contribution in [1.29, 1.82) is 0 Å². The minimum absolute atomic E-state index is 0.0161. The summed E-state index contributed by atoms with van der Waals surface area (Å²) in [5.74, 6) is -0.0161. The van der Waals surface area contributed by atoms with E-state index in [1.807, 2.05) is 11.4 Å². The van der Waals surface area contributed by atoms with Crippen LogP contribution < -0.4 is 5.73 Å². The van der Waals surface area contributed by atoms with E-state index in [-0.39, 0.29) is 5.91 Å². The second-order valence-electron chi connectivity index (χ2n) is 4.15. The van der Waals surface area contributed by atoms with Crippen LogP contribution in [0.4, 0.5) is 5.69 Å². The van der Waals surface area contributed by atoms with Crippen LogP contribution in [-0.2, 0) is 6.54 Å². The first kappa shape index (κ1) is 14.6. The zero-order chi connectivity index (χ0) is 14.0. The summed E-state index contributed by atoms with van der Waals surface area (Å²) in [5, 5.41) is 2.48. The lowest BCUT2D eigenvalue weighted by atomic mass is 10.2. The smallest absolute Gasteiger partial charge is 0.254 e. The van der Waals surface area contributed by atoms with Gasteiger partial charge in [-0.15, -0.1) is 11.3 Å². The van der Waals surface area contributed by atoms with Crippen molar-refractivity contribution in [2.45, 2.75) is 6.54 Å². The fourth-order valence-corrected chi connectivity index (χ4v) is 3.18. The highest BCUT2D eigenvalue weighted by molar-refractivity contribution is 14.1. The summed E-state index contributed by atoms with van der Waals surface area (Å²) < 4.78 is 1.09. The van der Waals surface area contributed by atoms with E-state index in [9.17, 15) is 4.79 Å². The molecular weight excluding hydrogens is 395 g/mol. The number of halogens is 2. The number of rotatable bonds is 3. The largest absolute Gasteiger partial charge is 0.399 e. The highest BCUT2D eigenvalue weighted by Gasteiger charge is 2.14. The molecule has 0 radical (unpaired) electrons. The van der Waals surface area contributed by atoms with Crippen molar-refractivity contribution in [2.24, 2.45) is 0 Å². The molecule has 0 unspecified atom stereocenters. The SMILES string of the molecule is CN(Cc1cc(N)ccc1Cl)C(=O)c1csc(I)c1. The number of hydrogen-bond donors (Lipinski definition) is 1. The Morgan fingerprint density at radius 1 is 1.47 bits per heavy atom. The van der Waals surface area contributed by atoms with Crippen LogP contribution in [0.25, 0.3) is 0 Å². The summed E-state index contributed by atoms with van der Waals surface area (Å²) in [6.45, 7) is 0.440. The molecule has 0 aliphatic rings. The van der Waals surface area contributed by atoms with Crippen LogP contribution in [0.5, 0.6) is 0 Å². The lowest BCUT2D eigenvalue weighted by molar-refractivity contribution is 0.0785. The van der Waals surface area contributed by atoms with Crippen molar-refractivity contribution in [1.82, 2.24) is 4.90 Å². The number of thiophene rings is 1. The molecule has 1 aromatic carbocycles. The first-order valence-electron chi connectivity index (χ1n) is 5.51. The average molecular weight is 407 g/mol. The highest BCUT2D eigenvalue weighted by Crippen LogP contribution is 2.22. The summed E-state index contributed by atoms with van der Waals surface area (Å²) in [4.78, 5) is 13.9. The van der Waals surface area contributed by atoms with Crippen molar-refractivity contribution < 1.29 is 4.79 Å². The number of carbonyl (C=O) groups is 1. The number of hydrogen-bond acceptors (Lipinski definition) is 3. The van der Waals surface area contributed by atoms with Gasteiger partial charge in [0.05, 0.1) is 8.45 Å². The lowest BCUT2D eigenvalue weighted by Gasteiger charge is -2.17. The third-order valence-electron chi connectivity index (χ3n) is 2.64. The molecule has 0 saturated heterocycles. The first-order valence-corrected chi connectivity index (χ1v) is 7.84. The molecule has 1 aromatic heterocycles. The molecule has 6 heteroatoms. The van der Waals surface area contributed by atoms with Crippen molar-refractivity contribution in [3.05, 3.63) is 48.7 Å². The van der Waals surface area contributed by atoms with Crippen molar-refractivity contribution >= 4 is 57.1 Å². The van der Waals surface area contributed by atoms with E-state index in [1.165, 1.54) is 0 Å². The molecule has 19 heavy (non-hydrogen) atoms. The van der Waals surface area contributed by atoms with Crippen LogP contribution in [0.15, 0.2) is 29.6 Å². The fraction of sp³-hybridized carbons (Fsp3) is 0.154. The van der Waals surface area contributed by atoms with E-state index < -0.39 is 0 Å². The van der Waals surface area contributed by atoms with Gasteiger partial charge in [0, 0.05) is 29.7 Å². The second-order valence-corrected chi connectivity index (χ2v) is 7.36. The molecule has 0 fully saturated rings. The average Bonchev–Trinajstić information content (AvgIpc) is 2.79. The molecule has 0 aliphatic heterocycles. The molecule has 2 N–H and O–H groups in total. The number of anilines is 1. The van der Waals surface area contributed by atoms with Crippen LogP contribution in [-0.4, -0.2) is 17.9 Å².